The molecule has 4 saturated carbocycles. The second kappa shape index (κ2) is 7.38. The van der Waals surface area contributed by atoms with Crippen molar-refractivity contribution in [2.75, 3.05) is 0 Å². The minimum absolute atomic E-state index is 0.0580. The molecule has 0 bridgehead atoms. The van der Waals surface area contributed by atoms with Gasteiger partial charge in [-0.3, -0.25) is 4.79 Å². The van der Waals surface area contributed by atoms with Crippen LogP contribution in [0.25, 0.3) is 0 Å². The molecule has 1 spiro atoms. The van der Waals surface area contributed by atoms with Crippen LogP contribution in [0.2, 0.25) is 0 Å². The summed E-state index contributed by atoms with van der Waals surface area (Å²) in [5, 5.41) is 46.4. The normalized spacial score (nSPS) is 52.3. The summed E-state index contributed by atoms with van der Waals surface area (Å²) in [5.74, 6) is -1.38. The molecular weight excluding hydrogens is 456 g/mol. The standard InChI is InChI=1S/C26H34O9/c1-13(27)34-19-9-15(28)10-24(31)7-5-17-21-18(35-22(30)26(19,21)24)11-23(2)16(6-8-25(17,23)32)14-3-4-20(29)33-12-14/h3-4,12,15-19,21-22,28,30-32H,5-11H2,1-2H3/t15-,16+,17?,18+,19+,21?,22+,23+,24-,25-,26?/m0/s1. The number of rotatable bonds is 2. The summed E-state index contributed by atoms with van der Waals surface area (Å²) in [5.41, 5.74) is -4.15. The molecule has 1 saturated heterocycles. The molecule has 0 radical (unpaired) electrons. The number of hydrogen-bond acceptors (Lipinski definition) is 9. The zero-order valence-corrected chi connectivity index (χ0v) is 20.1. The molecule has 0 aromatic carbocycles. The van der Waals surface area contributed by atoms with Crippen molar-refractivity contribution >= 4 is 5.97 Å². The molecule has 6 rings (SSSR count). The molecule has 2 heterocycles. The van der Waals surface area contributed by atoms with Gasteiger partial charge < -0.3 is 34.3 Å². The number of carbonyl (C=O) groups excluding carboxylic acids is 1. The van der Waals surface area contributed by atoms with Gasteiger partial charge in [-0.2, -0.15) is 0 Å². The highest BCUT2D eigenvalue weighted by atomic mass is 16.6. The summed E-state index contributed by atoms with van der Waals surface area (Å²) in [6.45, 7) is 3.32. The van der Waals surface area contributed by atoms with Crippen molar-refractivity contribution in [1.82, 2.24) is 0 Å². The van der Waals surface area contributed by atoms with E-state index >= 15 is 0 Å². The topological polar surface area (TPSA) is 147 Å². The maximum Gasteiger partial charge on any atom is 0.335 e. The Hall–Kier alpha value is -1.78. The first-order valence-corrected chi connectivity index (χ1v) is 12.7. The highest BCUT2D eigenvalue weighted by Gasteiger charge is 2.81. The average Bonchev–Trinajstić information content (AvgIpc) is 3.21. The minimum Gasteiger partial charge on any atom is -0.462 e. The van der Waals surface area contributed by atoms with E-state index in [9.17, 15) is 30.0 Å². The van der Waals surface area contributed by atoms with Gasteiger partial charge >= 0.3 is 11.6 Å². The van der Waals surface area contributed by atoms with Crippen molar-refractivity contribution in [2.45, 2.75) is 101 Å². The van der Waals surface area contributed by atoms with Crippen LogP contribution in [-0.2, 0) is 14.3 Å². The van der Waals surface area contributed by atoms with E-state index in [1.165, 1.54) is 19.3 Å². The molecule has 9 heteroatoms. The van der Waals surface area contributed by atoms with E-state index in [1.54, 1.807) is 6.07 Å². The first-order valence-electron chi connectivity index (χ1n) is 12.7. The maximum absolute atomic E-state index is 12.4. The summed E-state index contributed by atoms with van der Waals surface area (Å²) in [6.07, 6.45) is 0.333. The molecule has 1 aromatic heterocycles. The first-order chi connectivity index (χ1) is 16.5. The molecule has 35 heavy (non-hydrogen) atoms. The lowest BCUT2D eigenvalue weighted by Crippen LogP contribution is -2.74. The third-order valence-corrected chi connectivity index (χ3v) is 10.6. The van der Waals surface area contributed by atoms with E-state index in [-0.39, 0.29) is 31.1 Å². The lowest BCUT2D eigenvalue weighted by Gasteiger charge is -2.66. The van der Waals surface area contributed by atoms with Crippen LogP contribution in [-0.4, -0.2) is 62.2 Å². The van der Waals surface area contributed by atoms with Crippen molar-refractivity contribution in [3.05, 3.63) is 34.4 Å². The van der Waals surface area contributed by atoms with E-state index in [4.69, 9.17) is 13.9 Å². The highest BCUT2D eigenvalue weighted by Crippen LogP contribution is 2.74. The smallest absolute Gasteiger partial charge is 0.335 e. The van der Waals surface area contributed by atoms with Crippen molar-refractivity contribution < 1.29 is 39.1 Å². The molecule has 0 amide bonds. The van der Waals surface area contributed by atoms with Gasteiger partial charge in [-0.05, 0) is 55.6 Å². The molecule has 1 aliphatic heterocycles. The van der Waals surface area contributed by atoms with Gasteiger partial charge in [0.15, 0.2) is 6.29 Å². The van der Waals surface area contributed by atoms with Crippen molar-refractivity contribution in [3.8, 4) is 0 Å². The molecule has 5 fully saturated rings. The van der Waals surface area contributed by atoms with Gasteiger partial charge in [-0.25, -0.2) is 4.79 Å². The van der Waals surface area contributed by atoms with E-state index in [0.717, 1.165) is 5.56 Å². The molecule has 1 aromatic rings. The monoisotopic (exact) mass is 490 g/mol. The maximum atomic E-state index is 12.4. The zero-order valence-electron chi connectivity index (χ0n) is 20.1. The fourth-order valence-electron chi connectivity index (χ4n) is 9.40. The molecule has 5 aliphatic rings. The van der Waals surface area contributed by atoms with Crippen LogP contribution >= 0.6 is 0 Å². The Kier molecular flexibility index (Phi) is 4.98. The molecule has 11 atom stereocenters. The van der Waals surface area contributed by atoms with Gasteiger partial charge in [0.25, 0.3) is 0 Å². The summed E-state index contributed by atoms with van der Waals surface area (Å²) in [7, 11) is 0. The average molecular weight is 491 g/mol. The Bertz CT molecular complexity index is 1080. The Morgan fingerprint density at radius 1 is 1.14 bits per heavy atom. The molecule has 3 unspecified atom stereocenters. The summed E-state index contributed by atoms with van der Waals surface area (Å²) in [6, 6.07) is 3.15. The number of aliphatic hydroxyl groups excluding tert-OH is 2. The van der Waals surface area contributed by atoms with Crippen LogP contribution in [0.15, 0.2) is 27.6 Å². The van der Waals surface area contributed by atoms with Gasteiger partial charge in [0.2, 0.25) is 0 Å². The fourth-order valence-corrected chi connectivity index (χ4v) is 9.40. The first kappa shape index (κ1) is 23.6. The Morgan fingerprint density at radius 3 is 2.60 bits per heavy atom. The van der Waals surface area contributed by atoms with E-state index in [1.807, 2.05) is 6.92 Å². The lowest BCUT2D eigenvalue weighted by molar-refractivity contribution is -0.304. The van der Waals surface area contributed by atoms with Crippen LogP contribution in [0, 0.1) is 22.7 Å². The summed E-state index contributed by atoms with van der Waals surface area (Å²) in [4.78, 5) is 23.6. The van der Waals surface area contributed by atoms with Crippen molar-refractivity contribution in [2.24, 2.45) is 22.7 Å². The molecule has 4 N–H and O–H groups in total. The van der Waals surface area contributed by atoms with E-state index in [2.05, 4.69) is 0 Å². The van der Waals surface area contributed by atoms with Crippen LogP contribution < -0.4 is 5.63 Å². The number of esters is 1. The predicted molar refractivity (Wildman–Crippen MR) is 120 cm³/mol. The largest absolute Gasteiger partial charge is 0.462 e. The van der Waals surface area contributed by atoms with Gasteiger partial charge in [0.05, 0.1) is 35.1 Å². The minimum atomic E-state index is -1.49. The van der Waals surface area contributed by atoms with Gasteiger partial charge in [0.1, 0.15) is 6.10 Å². The van der Waals surface area contributed by atoms with Gasteiger partial charge in [-0.1, -0.05) is 6.92 Å². The van der Waals surface area contributed by atoms with Gasteiger partial charge in [0, 0.05) is 37.2 Å². The van der Waals surface area contributed by atoms with Crippen LogP contribution in [0.3, 0.4) is 0 Å². The molecule has 9 nitrogen and oxygen atoms in total. The summed E-state index contributed by atoms with van der Waals surface area (Å²) >= 11 is 0. The quantitative estimate of drug-likeness (QED) is 0.449. The Balaban J connectivity index is 1.46. The number of carbonyl (C=O) groups is 1. The number of fused-ring (bicyclic) bond motifs is 2. The second-order valence-electron chi connectivity index (χ2n) is 11.9. The highest BCUT2D eigenvalue weighted by molar-refractivity contribution is 5.66. The molecule has 192 valence electrons. The number of ether oxygens (including phenoxy) is 2. The van der Waals surface area contributed by atoms with Crippen LogP contribution in [0.1, 0.15) is 70.3 Å². The van der Waals surface area contributed by atoms with E-state index in [0.29, 0.717) is 25.7 Å². The Labute approximate surface area is 203 Å². The second-order valence-corrected chi connectivity index (χ2v) is 11.9. The third kappa shape index (κ3) is 2.82. The Morgan fingerprint density at radius 2 is 1.91 bits per heavy atom. The fraction of sp³-hybridized carbons (Fsp3) is 0.769. The number of aliphatic hydroxyl groups is 4. The van der Waals surface area contributed by atoms with Crippen molar-refractivity contribution in [3.63, 3.8) is 0 Å². The predicted octanol–water partition coefficient (Wildman–Crippen LogP) is 1.21. The lowest BCUT2D eigenvalue weighted by atomic mass is 9.41. The summed E-state index contributed by atoms with van der Waals surface area (Å²) < 4.78 is 17.0. The molecular formula is C26H34O9. The van der Waals surface area contributed by atoms with Crippen molar-refractivity contribution in [1.29, 1.82) is 0 Å². The van der Waals surface area contributed by atoms with Crippen LogP contribution in [0.5, 0.6) is 0 Å². The number of hydrogen-bond donors (Lipinski definition) is 4. The SMILES string of the molecule is CC(=O)O[C@@H]1C[C@H](O)C[C@@]2(O)CCC3C4[C@@H](C[C@]5(C)[C@@H](c6ccc(=O)oc6)CC[C@]35O)O[C@@H](O)C412. The van der Waals surface area contributed by atoms with Gasteiger partial charge in [-0.15, -0.1) is 0 Å². The molecule has 4 aliphatic carbocycles. The zero-order chi connectivity index (χ0) is 25.0. The van der Waals surface area contributed by atoms with Crippen LogP contribution in [0.4, 0.5) is 0 Å². The van der Waals surface area contributed by atoms with E-state index < -0.39 is 64.1 Å². The third-order valence-electron chi connectivity index (χ3n) is 10.6.